The van der Waals surface area contributed by atoms with Crippen LogP contribution >= 0.6 is 23.8 Å². The predicted octanol–water partition coefficient (Wildman–Crippen LogP) is 7.58. The van der Waals surface area contributed by atoms with Crippen LogP contribution in [0.5, 0.6) is 23.0 Å². The van der Waals surface area contributed by atoms with Crippen molar-refractivity contribution in [3.63, 3.8) is 0 Å². The number of halogens is 1. The van der Waals surface area contributed by atoms with Crippen LogP contribution in [0.25, 0.3) is 21.9 Å². The summed E-state index contributed by atoms with van der Waals surface area (Å²) in [5.74, 6) is -2.74. The number of likely N-dealkylation sites (tertiary alicyclic amines) is 1. The number of H-pyrrole nitrogens is 1. The number of phenolic OH excluding ortho intramolecular Hbond substituents is 2. The van der Waals surface area contributed by atoms with Crippen LogP contribution < -0.4 is 31.4 Å². The number of nitrogens with zero attached hydrogens (tertiary/aromatic N) is 1. The van der Waals surface area contributed by atoms with Crippen LogP contribution in [0.4, 0.5) is 5.69 Å². The topological polar surface area (TPSA) is 262 Å². The number of benzene rings is 5. The number of rotatable bonds is 14. The fraction of sp³-hybridized carbons (Fsp3) is 0.255. The third kappa shape index (κ3) is 9.79. The number of aryl methyl sites for hydroxylation is 3. The van der Waals surface area contributed by atoms with Crippen LogP contribution in [0.2, 0.25) is 5.02 Å². The van der Waals surface area contributed by atoms with Crippen molar-refractivity contribution in [3.05, 3.63) is 157 Å². The Morgan fingerprint density at radius 2 is 1.61 bits per heavy atom. The maximum atomic E-state index is 14.3. The highest BCUT2D eigenvalue weighted by Crippen LogP contribution is 2.57. The Hall–Kier alpha value is -8.42. The summed E-state index contributed by atoms with van der Waals surface area (Å²) in [4.78, 5) is 85.2. The fourth-order valence-corrected chi connectivity index (χ4v) is 10.6. The van der Waals surface area contributed by atoms with Gasteiger partial charge in [0.1, 0.15) is 46.4 Å². The molecule has 18 nitrogen and oxygen atoms in total. The van der Waals surface area contributed by atoms with Crippen LogP contribution in [0, 0.1) is 13.8 Å². The van der Waals surface area contributed by atoms with Crippen molar-refractivity contribution in [2.75, 3.05) is 18.4 Å². The summed E-state index contributed by atoms with van der Waals surface area (Å²) in [7, 11) is 0. The molecule has 0 aliphatic carbocycles. The molecule has 8 N–H and O–H groups in total. The molecule has 384 valence electrons. The number of ether oxygens (including phenoxy) is 2. The third-order valence-electron chi connectivity index (χ3n) is 14.0. The largest absolute Gasteiger partial charge is 0.508 e. The first-order chi connectivity index (χ1) is 35.9. The predicted molar refractivity (Wildman–Crippen MR) is 281 cm³/mol. The molecule has 0 radical (unpaired) electrons. The second-order valence-corrected chi connectivity index (χ2v) is 19.7. The molecule has 3 amide bonds. The highest BCUT2D eigenvalue weighted by molar-refractivity contribution is 7.80. The number of thiocarbonyl (C=S) groups is 1. The molecule has 5 heterocycles. The number of aliphatic carboxylic acids is 1. The summed E-state index contributed by atoms with van der Waals surface area (Å²) < 4.78 is 18.0. The molecule has 3 atom stereocenters. The Labute approximate surface area is 438 Å². The van der Waals surface area contributed by atoms with Gasteiger partial charge in [0.2, 0.25) is 11.8 Å². The van der Waals surface area contributed by atoms with E-state index in [2.05, 4.69) is 26.3 Å². The number of hydrogen-bond acceptors (Lipinski definition) is 12. The quantitative estimate of drug-likeness (QED) is 0.0297. The lowest BCUT2D eigenvalue weighted by atomic mass is 9.77. The Balaban J connectivity index is 0.760. The fourth-order valence-electron chi connectivity index (χ4n) is 10.2. The molecule has 10 rings (SSSR count). The summed E-state index contributed by atoms with van der Waals surface area (Å²) >= 11 is 11.6. The van der Waals surface area contributed by atoms with Gasteiger partial charge < -0.3 is 60.4 Å². The number of carboxylic acids is 1. The minimum absolute atomic E-state index is 0.0126. The van der Waals surface area contributed by atoms with E-state index in [0.717, 1.165) is 22.2 Å². The average molecular weight is 1050 g/mol. The van der Waals surface area contributed by atoms with E-state index in [4.69, 9.17) is 37.7 Å². The molecule has 5 aromatic carbocycles. The van der Waals surface area contributed by atoms with E-state index in [0.29, 0.717) is 69.1 Å². The molecule has 75 heavy (non-hydrogen) atoms. The lowest BCUT2D eigenvalue weighted by Gasteiger charge is -2.36. The number of carboxylic acid groups (broad SMARTS) is 1. The summed E-state index contributed by atoms with van der Waals surface area (Å²) in [6.45, 7) is 4.20. The lowest BCUT2D eigenvalue weighted by molar-refractivity contribution is -0.142. The molecule has 1 spiro atoms. The molecule has 20 heteroatoms. The molecule has 3 aliphatic rings. The monoisotopic (exact) mass is 1050 g/mol. The SMILES string of the molecule is Cc1[nH]c2cc(C(=O)N3C[C@H](NC(=O)CCc4cc(=O)c5cc(Cl)ccc5o4)C[C@@H]3C(=O)NC(CCCCNC(=S)Nc3ccc4c(c3)C(=O)OC43c4ccc(O)cc4Oc4cc(O)ccc43)C(=O)O)ccc2c1C. The zero-order valence-electron chi connectivity index (χ0n) is 40.4. The van der Waals surface area contributed by atoms with Crippen molar-refractivity contribution in [2.24, 2.45) is 0 Å². The van der Waals surface area contributed by atoms with Gasteiger partial charge in [-0.05, 0) is 124 Å². The van der Waals surface area contributed by atoms with Crippen LogP contribution in [0.3, 0.4) is 0 Å². The summed E-state index contributed by atoms with van der Waals surface area (Å²) in [5, 5.41) is 44.3. The van der Waals surface area contributed by atoms with E-state index < -0.39 is 53.4 Å². The van der Waals surface area contributed by atoms with E-state index in [1.54, 1.807) is 54.6 Å². The first-order valence-electron chi connectivity index (χ1n) is 24.2. The van der Waals surface area contributed by atoms with E-state index in [1.807, 2.05) is 19.9 Å². The van der Waals surface area contributed by atoms with Crippen molar-refractivity contribution in [2.45, 2.75) is 76.1 Å². The number of fused-ring (bicyclic) bond motifs is 8. The molecule has 2 aromatic heterocycles. The van der Waals surface area contributed by atoms with Crippen molar-refractivity contribution in [3.8, 4) is 23.0 Å². The maximum Gasteiger partial charge on any atom is 0.340 e. The van der Waals surface area contributed by atoms with Crippen LogP contribution in [0.1, 0.15) is 86.5 Å². The molecular formula is C55H49ClN6O12S. The maximum absolute atomic E-state index is 14.3. The molecule has 1 unspecified atom stereocenters. The van der Waals surface area contributed by atoms with Crippen LogP contribution in [-0.4, -0.2) is 91.2 Å². The van der Waals surface area contributed by atoms with Gasteiger partial charge in [0.05, 0.1) is 10.9 Å². The molecule has 1 saturated heterocycles. The third-order valence-corrected chi connectivity index (χ3v) is 14.5. The van der Waals surface area contributed by atoms with Gasteiger partial charge in [-0.25, -0.2) is 9.59 Å². The van der Waals surface area contributed by atoms with E-state index in [1.165, 1.54) is 41.3 Å². The van der Waals surface area contributed by atoms with Crippen molar-refractivity contribution < 1.29 is 53.2 Å². The number of carbonyl (C=O) groups excluding carboxylic acids is 4. The number of amides is 3. The number of unbranched alkanes of at least 4 members (excludes halogenated alkanes) is 1. The van der Waals surface area contributed by atoms with E-state index >= 15 is 0 Å². The van der Waals surface area contributed by atoms with Crippen LogP contribution in [-0.2, 0) is 31.1 Å². The highest BCUT2D eigenvalue weighted by Gasteiger charge is 2.54. The lowest BCUT2D eigenvalue weighted by Crippen LogP contribution is -2.50. The Kier molecular flexibility index (Phi) is 13.5. The van der Waals surface area contributed by atoms with Gasteiger partial charge in [-0.1, -0.05) is 23.7 Å². The molecule has 7 aromatic rings. The Bertz CT molecular complexity index is 3540. The second-order valence-electron chi connectivity index (χ2n) is 18.9. The zero-order valence-corrected chi connectivity index (χ0v) is 41.9. The van der Waals surface area contributed by atoms with E-state index in [-0.39, 0.29) is 71.3 Å². The van der Waals surface area contributed by atoms with Crippen molar-refractivity contribution in [1.29, 1.82) is 0 Å². The number of aromatic nitrogens is 1. The first kappa shape index (κ1) is 50.1. The Morgan fingerprint density at radius 1 is 0.880 bits per heavy atom. The van der Waals surface area contributed by atoms with Gasteiger partial charge in [0, 0.05) is 99.7 Å². The molecule has 3 aliphatic heterocycles. The number of esters is 1. The number of nitrogens with one attached hydrogen (secondary N) is 5. The van der Waals surface area contributed by atoms with Crippen molar-refractivity contribution >= 4 is 86.2 Å². The van der Waals surface area contributed by atoms with Crippen molar-refractivity contribution in [1.82, 2.24) is 25.8 Å². The number of phenols is 2. The number of anilines is 1. The summed E-state index contributed by atoms with van der Waals surface area (Å²) in [6, 6.07) is 22.2. The number of aromatic amines is 1. The van der Waals surface area contributed by atoms with Gasteiger partial charge in [-0.15, -0.1) is 0 Å². The highest BCUT2D eigenvalue weighted by atomic mass is 35.5. The molecule has 1 fully saturated rings. The number of aromatic hydroxyl groups is 2. The molecular weight excluding hydrogens is 1000 g/mol. The minimum Gasteiger partial charge on any atom is -0.508 e. The van der Waals surface area contributed by atoms with Crippen LogP contribution in [0.15, 0.2) is 106 Å². The van der Waals surface area contributed by atoms with E-state index in [9.17, 15) is 44.1 Å². The molecule has 0 bridgehead atoms. The van der Waals surface area contributed by atoms with Gasteiger partial charge in [-0.2, -0.15) is 0 Å². The van der Waals surface area contributed by atoms with Gasteiger partial charge in [-0.3, -0.25) is 19.2 Å². The minimum atomic E-state index is -1.42. The van der Waals surface area contributed by atoms with Gasteiger partial charge in [0.15, 0.2) is 16.1 Å². The average Bonchev–Trinajstić information content (AvgIpc) is 4.02. The summed E-state index contributed by atoms with van der Waals surface area (Å²) in [6.07, 6.45) is 0.912. The second kappa shape index (κ2) is 20.1. The number of hydrogen-bond donors (Lipinski definition) is 8. The van der Waals surface area contributed by atoms with Gasteiger partial charge >= 0.3 is 11.9 Å². The normalized spacial score (nSPS) is 16.4. The first-order valence-corrected chi connectivity index (χ1v) is 25.0. The Morgan fingerprint density at radius 3 is 2.35 bits per heavy atom. The number of carbonyl (C=O) groups is 5. The standard InChI is InChI=1S/C55H49ClN6O12S/c1-27-28(2)58-43-19-29(6-12-36(27)43)51(68)62-26-32(59-49(66)17-11-35-25-45(65)38-20-30(56)7-16-46(38)72-35)22-44(62)50(67)61-42(52(69)70)5-3-4-18-57-54(75)60-31-8-13-39-37(21-31)53(71)74-55(39)40-14-9-33(63)23-47(40)73-48-24-34(64)10-15-41(48)55/h6-10,12-16,19-21,23-25,32,42,44,58,63-64H,3-5,11,17-18,22,26H2,1-2H3,(H,59,66)(H,61,67)(H,69,70)(H2,57,60,75)/t32-,42?,44-/m1/s1. The van der Waals surface area contributed by atoms with Gasteiger partial charge in [0.25, 0.3) is 5.91 Å². The molecule has 0 saturated carbocycles. The summed E-state index contributed by atoms with van der Waals surface area (Å²) in [5.41, 5.74) is 3.87. The zero-order chi connectivity index (χ0) is 52.9. The smallest absolute Gasteiger partial charge is 0.340 e.